The summed E-state index contributed by atoms with van der Waals surface area (Å²) >= 11 is 0. The fourth-order valence-corrected chi connectivity index (χ4v) is 4.65. The highest BCUT2D eigenvalue weighted by atomic mass is 28.4. The molecule has 9 heteroatoms. The molecule has 0 aromatic rings. The molecular weight excluding hydrogens is 298 g/mol. The molecule has 0 aromatic carbocycles. The molecule has 0 aliphatic heterocycles. The first kappa shape index (κ1) is 19.5. The van der Waals surface area contributed by atoms with Crippen molar-refractivity contribution in [3.63, 3.8) is 0 Å². The minimum atomic E-state index is -2.95. The predicted molar refractivity (Wildman–Crippen MR) is 79.5 cm³/mol. The molecule has 120 valence electrons. The van der Waals surface area contributed by atoms with Crippen LogP contribution in [0.15, 0.2) is 0 Å². The quantitative estimate of drug-likeness (QED) is 0.567. The lowest BCUT2D eigenvalue weighted by atomic mass is 10.9. The SMILES string of the molecule is CCO[SiH](OCC)N(C)C(=O)O[Si](C)(OCC)OCC. The van der Waals surface area contributed by atoms with Crippen LogP contribution in [0.3, 0.4) is 0 Å². The summed E-state index contributed by atoms with van der Waals surface area (Å²) in [6, 6.07) is 0. The number of carbonyl (C=O) groups is 1. The van der Waals surface area contributed by atoms with E-state index in [1.54, 1.807) is 13.6 Å². The minimum Gasteiger partial charge on any atom is -0.457 e. The summed E-state index contributed by atoms with van der Waals surface area (Å²) in [6.07, 6.45) is -0.528. The van der Waals surface area contributed by atoms with Crippen LogP contribution < -0.4 is 0 Å². The zero-order valence-corrected chi connectivity index (χ0v) is 15.5. The molecule has 1 amide bonds. The van der Waals surface area contributed by atoms with Gasteiger partial charge in [0.25, 0.3) is 0 Å². The van der Waals surface area contributed by atoms with E-state index in [4.69, 9.17) is 22.1 Å². The summed E-state index contributed by atoms with van der Waals surface area (Å²) in [5, 5.41) is 0. The summed E-state index contributed by atoms with van der Waals surface area (Å²) in [5.41, 5.74) is 0. The van der Waals surface area contributed by atoms with Crippen molar-refractivity contribution in [2.75, 3.05) is 33.5 Å². The lowest BCUT2D eigenvalue weighted by molar-refractivity contribution is 0.0786. The highest BCUT2D eigenvalue weighted by Crippen LogP contribution is 2.12. The van der Waals surface area contributed by atoms with Gasteiger partial charge in [-0.05, 0) is 27.7 Å². The van der Waals surface area contributed by atoms with E-state index in [1.807, 2.05) is 27.7 Å². The second kappa shape index (κ2) is 10.3. The van der Waals surface area contributed by atoms with Crippen molar-refractivity contribution in [3.05, 3.63) is 0 Å². The van der Waals surface area contributed by atoms with Gasteiger partial charge in [0, 0.05) is 40.0 Å². The van der Waals surface area contributed by atoms with Crippen LogP contribution in [-0.2, 0) is 22.1 Å². The number of hydrogen-bond acceptors (Lipinski definition) is 6. The van der Waals surface area contributed by atoms with Gasteiger partial charge in [-0.1, -0.05) is 0 Å². The average Bonchev–Trinajstić information content (AvgIpc) is 2.37. The molecule has 0 N–H and O–H groups in total. The third-order valence-electron chi connectivity index (χ3n) is 2.31. The second-order valence-corrected chi connectivity index (χ2v) is 8.49. The van der Waals surface area contributed by atoms with Gasteiger partial charge >= 0.3 is 24.3 Å². The lowest BCUT2D eigenvalue weighted by Crippen LogP contribution is -2.52. The molecule has 0 rings (SSSR count). The summed E-state index contributed by atoms with van der Waals surface area (Å²) < 4.78 is 28.7. The van der Waals surface area contributed by atoms with Gasteiger partial charge in [0.15, 0.2) is 0 Å². The van der Waals surface area contributed by atoms with E-state index < -0.39 is 24.3 Å². The fraction of sp³-hybridized carbons (Fsp3) is 0.909. The second-order valence-electron chi connectivity index (χ2n) is 3.92. The van der Waals surface area contributed by atoms with E-state index >= 15 is 0 Å². The van der Waals surface area contributed by atoms with Gasteiger partial charge in [-0.3, -0.25) is 4.57 Å². The molecule has 0 bridgehead atoms. The highest BCUT2D eigenvalue weighted by molar-refractivity contribution is 6.61. The van der Waals surface area contributed by atoms with Crippen molar-refractivity contribution in [2.45, 2.75) is 34.2 Å². The van der Waals surface area contributed by atoms with Gasteiger partial charge in [0.1, 0.15) is 0 Å². The molecule has 0 atom stereocenters. The van der Waals surface area contributed by atoms with Crippen molar-refractivity contribution in [2.24, 2.45) is 0 Å². The first-order valence-electron chi connectivity index (χ1n) is 6.90. The van der Waals surface area contributed by atoms with Crippen molar-refractivity contribution in [3.8, 4) is 0 Å². The van der Waals surface area contributed by atoms with Crippen LogP contribution in [0.25, 0.3) is 0 Å². The van der Waals surface area contributed by atoms with E-state index in [2.05, 4.69) is 0 Å². The minimum absolute atomic E-state index is 0.428. The summed E-state index contributed by atoms with van der Waals surface area (Å²) in [5.74, 6) is 0. The van der Waals surface area contributed by atoms with Gasteiger partial charge in [0.2, 0.25) is 0 Å². The molecule has 0 aliphatic carbocycles. The average molecular weight is 326 g/mol. The van der Waals surface area contributed by atoms with Gasteiger partial charge in [-0.25, -0.2) is 4.79 Å². The molecule has 0 unspecified atom stereocenters. The highest BCUT2D eigenvalue weighted by Gasteiger charge is 2.41. The third-order valence-corrected chi connectivity index (χ3v) is 6.56. The van der Waals surface area contributed by atoms with Crippen molar-refractivity contribution < 1.29 is 26.9 Å². The van der Waals surface area contributed by atoms with Crippen LogP contribution in [0.2, 0.25) is 6.55 Å². The number of carbonyl (C=O) groups excluding carboxylic acids is 1. The van der Waals surface area contributed by atoms with Crippen molar-refractivity contribution >= 4 is 24.3 Å². The maximum Gasteiger partial charge on any atom is 0.565 e. The molecule has 0 radical (unpaired) electrons. The molecule has 7 nitrogen and oxygen atoms in total. The molecule has 0 fully saturated rings. The lowest BCUT2D eigenvalue weighted by Gasteiger charge is -2.29. The van der Waals surface area contributed by atoms with Gasteiger partial charge in [-0.15, -0.1) is 0 Å². The third kappa shape index (κ3) is 6.82. The Morgan fingerprint density at radius 3 is 1.80 bits per heavy atom. The molecule has 0 heterocycles. The molecule has 0 aromatic heterocycles. The maximum atomic E-state index is 12.2. The number of nitrogens with zero attached hydrogens (tertiary/aromatic N) is 1. The summed E-state index contributed by atoms with van der Waals surface area (Å²) in [4.78, 5) is 12.2. The Hall–Kier alpha value is -0.456. The van der Waals surface area contributed by atoms with E-state index in [1.165, 1.54) is 4.57 Å². The van der Waals surface area contributed by atoms with Gasteiger partial charge < -0.3 is 22.1 Å². The molecule has 0 spiro atoms. The molecule has 0 saturated heterocycles. The molecule has 0 saturated carbocycles. The molecule has 0 aliphatic rings. The van der Waals surface area contributed by atoms with E-state index in [0.717, 1.165) is 0 Å². The normalized spacial score (nSPS) is 11.8. The van der Waals surface area contributed by atoms with Gasteiger partial charge in [0.05, 0.1) is 0 Å². The standard InChI is InChI=1S/C11H27NO6Si2/c1-7-14-19(15-8-2)12(5)11(13)18-20(6,16-9-3)17-10-4/h19H,7-10H2,1-6H3. The van der Waals surface area contributed by atoms with Crippen LogP contribution >= 0.6 is 0 Å². The maximum absolute atomic E-state index is 12.2. The molecule has 20 heavy (non-hydrogen) atoms. The van der Waals surface area contributed by atoms with Crippen LogP contribution in [0.4, 0.5) is 4.79 Å². The Morgan fingerprint density at radius 1 is 1.00 bits per heavy atom. The number of hydrogen-bond donors (Lipinski definition) is 0. The van der Waals surface area contributed by atoms with Crippen LogP contribution in [0, 0.1) is 0 Å². The monoisotopic (exact) mass is 325 g/mol. The Morgan fingerprint density at radius 2 is 1.45 bits per heavy atom. The van der Waals surface area contributed by atoms with E-state index in [0.29, 0.717) is 26.4 Å². The largest absolute Gasteiger partial charge is 0.565 e. The first-order chi connectivity index (χ1) is 9.44. The number of rotatable bonds is 10. The van der Waals surface area contributed by atoms with Gasteiger partial charge in [-0.2, -0.15) is 0 Å². The van der Waals surface area contributed by atoms with Crippen LogP contribution in [-0.4, -0.2) is 62.4 Å². The number of amides is 1. The van der Waals surface area contributed by atoms with Crippen LogP contribution in [0.5, 0.6) is 0 Å². The zero-order valence-electron chi connectivity index (χ0n) is 13.3. The Labute approximate surface area is 124 Å². The fourth-order valence-electron chi connectivity index (χ4n) is 1.50. The van der Waals surface area contributed by atoms with Crippen molar-refractivity contribution in [1.82, 2.24) is 4.57 Å². The van der Waals surface area contributed by atoms with E-state index in [9.17, 15) is 4.79 Å². The smallest absolute Gasteiger partial charge is 0.457 e. The van der Waals surface area contributed by atoms with Crippen molar-refractivity contribution in [1.29, 1.82) is 0 Å². The van der Waals surface area contributed by atoms with E-state index in [-0.39, 0.29) is 0 Å². The first-order valence-corrected chi connectivity index (χ1v) is 10.6. The Kier molecular flexibility index (Phi) is 10.1. The van der Waals surface area contributed by atoms with Crippen LogP contribution in [0.1, 0.15) is 27.7 Å². The Bertz CT molecular complexity index is 270. The summed E-state index contributed by atoms with van der Waals surface area (Å²) in [6.45, 7) is 10.9. The summed E-state index contributed by atoms with van der Waals surface area (Å²) in [7, 11) is -3.58. The topological polar surface area (TPSA) is 66.5 Å². The Balaban J connectivity index is 4.67. The zero-order chi connectivity index (χ0) is 15.6. The molecular formula is C11H27NO6Si2. The predicted octanol–water partition coefficient (Wildman–Crippen LogP) is 1.49.